The number of rotatable bonds is 5. The molecule has 1 fully saturated rings. The summed E-state index contributed by atoms with van der Waals surface area (Å²) in [5, 5.41) is 33.2. The van der Waals surface area contributed by atoms with Crippen LogP contribution in [-0.2, 0) is 10.5 Å². The van der Waals surface area contributed by atoms with Gasteiger partial charge in [-0.15, -0.1) is 0 Å². The molecular formula is C15H27N5O4Si. The van der Waals surface area contributed by atoms with Crippen molar-refractivity contribution in [2.75, 3.05) is 11.9 Å². The van der Waals surface area contributed by atoms with Crippen molar-refractivity contribution >= 4 is 19.9 Å². The molecule has 4 atom stereocenters. The third kappa shape index (κ3) is 3.58. The van der Waals surface area contributed by atoms with Crippen LogP contribution in [0.25, 0.3) is 0 Å². The minimum Gasteiger partial charge on any atom is -0.394 e. The SMILES string of the molecule is C[Si](C)(C)CCC1(O)N=C(N)Nc2c1ncn2[C@H]1C[C@H](O)[C@@H](CO)O1. The van der Waals surface area contributed by atoms with E-state index in [9.17, 15) is 15.3 Å². The first-order valence-corrected chi connectivity index (χ1v) is 12.2. The minimum atomic E-state index is -1.47. The average Bonchev–Trinajstić information content (AvgIpc) is 3.08. The van der Waals surface area contributed by atoms with Crippen molar-refractivity contribution in [3.63, 3.8) is 0 Å². The van der Waals surface area contributed by atoms with Crippen LogP contribution in [0.4, 0.5) is 5.82 Å². The van der Waals surface area contributed by atoms with E-state index < -0.39 is 32.2 Å². The number of aromatic nitrogens is 2. The number of guanidine groups is 1. The van der Waals surface area contributed by atoms with Crippen molar-refractivity contribution in [3.05, 3.63) is 12.0 Å². The lowest BCUT2D eigenvalue weighted by Gasteiger charge is -2.31. The van der Waals surface area contributed by atoms with E-state index in [1.807, 2.05) is 0 Å². The lowest BCUT2D eigenvalue weighted by atomic mass is 10.1. The van der Waals surface area contributed by atoms with Crippen molar-refractivity contribution in [2.45, 2.75) is 62.7 Å². The molecule has 3 heterocycles. The number of hydrogen-bond acceptors (Lipinski definition) is 8. The van der Waals surface area contributed by atoms with Gasteiger partial charge < -0.3 is 31.1 Å². The second kappa shape index (κ2) is 6.36. The molecule has 0 saturated carbocycles. The van der Waals surface area contributed by atoms with Crippen LogP contribution in [0.5, 0.6) is 0 Å². The average molecular weight is 369 g/mol. The molecule has 1 saturated heterocycles. The van der Waals surface area contributed by atoms with Gasteiger partial charge in [-0.1, -0.05) is 25.7 Å². The lowest BCUT2D eigenvalue weighted by Crippen LogP contribution is -2.39. The number of nitrogens with zero attached hydrogens (tertiary/aromatic N) is 3. The van der Waals surface area contributed by atoms with Gasteiger partial charge in [0, 0.05) is 20.9 Å². The Bertz CT molecular complexity index is 673. The molecule has 2 aliphatic heterocycles. The highest BCUT2D eigenvalue weighted by molar-refractivity contribution is 6.76. The quantitative estimate of drug-likeness (QED) is 0.465. The van der Waals surface area contributed by atoms with E-state index in [4.69, 9.17) is 10.5 Å². The smallest absolute Gasteiger partial charge is 0.206 e. The van der Waals surface area contributed by atoms with Crippen LogP contribution >= 0.6 is 0 Å². The molecule has 1 unspecified atom stereocenters. The van der Waals surface area contributed by atoms with Gasteiger partial charge in [0.2, 0.25) is 5.72 Å². The highest BCUT2D eigenvalue weighted by Crippen LogP contribution is 2.40. The number of anilines is 1. The van der Waals surface area contributed by atoms with Crippen molar-refractivity contribution in [1.29, 1.82) is 0 Å². The molecular weight excluding hydrogens is 342 g/mol. The Morgan fingerprint density at radius 1 is 1.48 bits per heavy atom. The van der Waals surface area contributed by atoms with Crippen LogP contribution in [0.3, 0.4) is 0 Å². The molecule has 1 aromatic rings. The predicted octanol–water partition coefficient (Wildman–Crippen LogP) is 0.137. The summed E-state index contributed by atoms with van der Waals surface area (Å²) in [7, 11) is -1.38. The highest BCUT2D eigenvalue weighted by Gasteiger charge is 2.42. The molecule has 10 heteroatoms. The number of nitrogens with one attached hydrogen (secondary N) is 1. The third-order valence-corrected chi connectivity index (χ3v) is 6.39. The molecule has 0 bridgehead atoms. The molecule has 2 aliphatic rings. The number of fused-ring (bicyclic) bond motifs is 1. The highest BCUT2D eigenvalue weighted by atomic mass is 28.3. The summed E-state index contributed by atoms with van der Waals surface area (Å²) in [5.74, 6) is 0.631. The molecule has 0 spiro atoms. The minimum absolute atomic E-state index is 0.115. The molecule has 0 radical (unpaired) electrons. The number of imidazole rings is 1. The zero-order valence-corrected chi connectivity index (χ0v) is 15.8. The number of nitrogens with two attached hydrogens (primary N) is 1. The maximum atomic E-state index is 11.1. The van der Waals surface area contributed by atoms with Gasteiger partial charge in [0.05, 0.1) is 19.0 Å². The van der Waals surface area contributed by atoms with E-state index in [0.717, 1.165) is 6.04 Å². The van der Waals surface area contributed by atoms with Crippen LogP contribution < -0.4 is 11.1 Å². The Morgan fingerprint density at radius 2 is 2.20 bits per heavy atom. The number of aliphatic imine (C=N–C) groups is 1. The van der Waals surface area contributed by atoms with Gasteiger partial charge in [-0.25, -0.2) is 9.98 Å². The van der Waals surface area contributed by atoms with Crippen molar-refractivity contribution in [1.82, 2.24) is 9.55 Å². The van der Waals surface area contributed by atoms with Gasteiger partial charge in [0.25, 0.3) is 0 Å². The number of ether oxygens (including phenoxy) is 1. The topological polar surface area (TPSA) is 138 Å². The molecule has 0 aliphatic carbocycles. The third-order valence-electron chi connectivity index (χ3n) is 4.64. The Labute approximate surface area is 147 Å². The van der Waals surface area contributed by atoms with Crippen molar-refractivity contribution in [2.24, 2.45) is 10.7 Å². The standard InChI is InChI=1S/C15H27N5O4Si/c1-25(2,3)5-4-15(23)12-13(18-14(16)19-15)20(8-17-12)11-6-9(22)10(7-21)24-11/h8-11,21-23H,4-7H2,1-3H3,(H3,16,18,19)/t9-,10+,11+,15?/m0/s1. The van der Waals surface area contributed by atoms with Crippen LogP contribution in [0.2, 0.25) is 25.7 Å². The Kier molecular flexibility index (Phi) is 4.66. The summed E-state index contributed by atoms with van der Waals surface area (Å²) < 4.78 is 7.37. The van der Waals surface area contributed by atoms with Crippen LogP contribution in [-0.4, -0.2) is 57.7 Å². The van der Waals surface area contributed by atoms with E-state index in [1.165, 1.54) is 0 Å². The van der Waals surface area contributed by atoms with E-state index in [2.05, 4.69) is 34.9 Å². The Morgan fingerprint density at radius 3 is 2.80 bits per heavy atom. The molecule has 6 N–H and O–H groups in total. The van der Waals surface area contributed by atoms with Crippen LogP contribution in [0.15, 0.2) is 11.3 Å². The number of hydrogen-bond donors (Lipinski definition) is 5. The first-order chi connectivity index (χ1) is 11.6. The predicted molar refractivity (Wildman–Crippen MR) is 95.8 cm³/mol. The van der Waals surface area contributed by atoms with Gasteiger partial charge in [-0.2, -0.15) is 0 Å². The summed E-state index contributed by atoms with van der Waals surface area (Å²) in [6.45, 7) is 6.43. The molecule has 140 valence electrons. The monoisotopic (exact) mass is 369 g/mol. The van der Waals surface area contributed by atoms with E-state index in [-0.39, 0.29) is 12.6 Å². The van der Waals surface area contributed by atoms with Gasteiger partial charge in [-0.05, 0) is 0 Å². The van der Waals surface area contributed by atoms with E-state index in [0.29, 0.717) is 24.4 Å². The summed E-state index contributed by atoms with van der Waals surface area (Å²) >= 11 is 0. The zero-order valence-electron chi connectivity index (χ0n) is 14.8. The summed E-state index contributed by atoms with van der Waals surface area (Å²) in [5.41, 5.74) is 4.83. The van der Waals surface area contributed by atoms with Crippen LogP contribution in [0.1, 0.15) is 24.8 Å². The molecule has 3 rings (SSSR count). The maximum absolute atomic E-state index is 11.1. The fraction of sp³-hybridized carbons (Fsp3) is 0.733. The molecule has 1 aromatic heterocycles. The summed E-state index contributed by atoms with van der Waals surface area (Å²) in [4.78, 5) is 8.54. The zero-order chi connectivity index (χ0) is 18.4. The summed E-state index contributed by atoms with van der Waals surface area (Å²) in [6, 6.07) is 0.873. The van der Waals surface area contributed by atoms with E-state index in [1.54, 1.807) is 10.9 Å². The first-order valence-electron chi connectivity index (χ1n) is 8.49. The molecule has 25 heavy (non-hydrogen) atoms. The van der Waals surface area contributed by atoms with Gasteiger partial charge in [0.15, 0.2) is 5.96 Å². The maximum Gasteiger partial charge on any atom is 0.206 e. The fourth-order valence-electron chi connectivity index (χ4n) is 3.17. The number of aliphatic hydroxyl groups excluding tert-OH is 2. The van der Waals surface area contributed by atoms with Gasteiger partial charge >= 0.3 is 0 Å². The van der Waals surface area contributed by atoms with Gasteiger partial charge in [-0.3, -0.25) is 4.57 Å². The molecule has 0 amide bonds. The number of aliphatic hydroxyl groups is 3. The summed E-state index contributed by atoms with van der Waals surface area (Å²) in [6.07, 6.45) is 0.422. The van der Waals surface area contributed by atoms with E-state index >= 15 is 0 Å². The Balaban J connectivity index is 1.89. The van der Waals surface area contributed by atoms with Crippen molar-refractivity contribution < 1.29 is 20.1 Å². The largest absolute Gasteiger partial charge is 0.394 e. The van der Waals surface area contributed by atoms with Crippen LogP contribution in [0, 0.1) is 0 Å². The molecule has 9 nitrogen and oxygen atoms in total. The Hall–Kier alpha value is -1.46. The first kappa shape index (κ1) is 18.3. The van der Waals surface area contributed by atoms with Crippen molar-refractivity contribution in [3.8, 4) is 0 Å². The second-order valence-electron chi connectivity index (χ2n) is 7.96. The molecule has 0 aromatic carbocycles. The second-order valence-corrected chi connectivity index (χ2v) is 13.6. The van der Waals surface area contributed by atoms with Gasteiger partial charge in [0.1, 0.15) is 23.8 Å². The fourth-order valence-corrected chi connectivity index (χ4v) is 4.27. The normalized spacial score (nSPS) is 32.2. The lowest BCUT2D eigenvalue weighted by molar-refractivity contribution is -0.0438.